The fourth-order valence-electron chi connectivity index (χ4n) is 1.32. The minimum absolute atomic E-state index is 0. The first-order chi connectivity index (χ1) is 4.43. The summed E-state index contributed by atoms with van der Waals surface area (Å²) in [7, 11) is 0. The van der Waals surface area contributed by atoms with Crippen molar-refractivity contribution in [2.75, 3.05) is 19.8 Å². The number of halogens is 2. The van der Waals surface area contributed by atoms with Crippen LogP contribution in [0.5, 0.6) is 0 Å². The van der Waals surface area contributed by atoms with Crippen LogP contribution in [0.4, 0.5) is 4.39 Å². The lowest BCUT2D eigenvalue weighted by atomic mass is 9.97. The van der Waals surface area contributed by atoms with E-state index in [9.17, 15) is 4.39 Å². The van der Waals surface area contributed by atoms with Crippen molar-refractivity contribution in [3.8, 4) is 0 Å². The minimum atomic E-state index is -0.146. The summed E-state index contributed by atoms with van der Waals surface area (Å²) in [5.74, 6) is 0.615. The van der Waals surface area contributed by atoms with E-state index in [0.717, 1.165) is 19.5 Å². The first-order valence-electron chi connectivity index (χ1n) is 3.70. The van der Waals surface area contributed by atoms with Crippen molar-refractivity contribution >= 4 is 12.4 Å². The van der Waals surface area contributed by atoms with Crippen molar-refractivity contribution in [1.82, 2.24) is 5.32 Å². The molecule has 0 radical (unpaired) electrons. The van der Waals surface area contributed by atoms with E-state index in [2.05, 4.69) is 5.32 Å². The van der Waals surface area contributed by atoms with Crippen LogP contribution in [-0.4, -0.2) is 19.8 Å². The molecule has 0 aromatic carbocycles. The highest BCUT2D eigenvalue weighted by molar-refractivity contribution is 5.85. The molecule has 1 saturated heterocycles. The quantitative estimate of drug-likeness (QED) is 0.661. The summed E-state index contributed by atoms with van der Waals surface area (Å²) in [6.07, 6.45) is 3.20. The van der Waals surface area contributed by atoms with Crippen molar-refractivity contribution in [3.63, 3.8) is 0 Å². The summed E-state index contributed by atoms with van der Waals surface area (Å²) in [5.41, 5.74) is 0. The number of piperidine rings is 1. The summed E-state index contributed by atoms with van der Waals surface area (Å²) in [6.45, 7) is 2.01. The molecular formula is C7H15ClFN. The highest BCUT2D eigenvalue weighted by atomic mass is 35.5. The number of nitrogens with one attached hydrogen (secondary N) is 1. The zero-order valence-corrected chi connectivity index (χ0v) is 6.92. The van der Waals surface area contributed by atoms with Gasteiger partial charge < -0.3 is 5.32 Å². The van der Waals surface area contributed by atoms with Crippen LogP contribution in [0.2, 0.25) is 0 Å². The van der Waals surface area contributed by atoms with Gasteiger partial charge in [0.25, 0.3) is 0 Å². The van der Waals surface area contributed by atoms with Gasteiger partial charge in [-0.2, -0.15) is 0 Å². The zero-order chi connectivity index (χ0) is 6.53. The molecule has 1 rings (SSSR count). The molecule has 0 spiro atoms. The molecule has 62 valence electrons. The Morgan fingerprint density at radius 2 is 2.30 bits per heavy atom. The summed E-state index contributed by atoms with van der Waals surface area (Å²) in [6, 6.07) is 0. The summed E-state index contributed by atoms with van der Waals surface area (Å²) in [4.78, 5) is 0. The normalized spacial score (nSPS) is 25.5. The van der Waals surface area contributed by atoms with E-state index in [1.807, 2.05) is 0 Å². The van der Waals surface area contributed by atoms with Gasteiger partial charge in [0, 0.05) is 0 Å². The van der Waals surface area contributed by atoms with Crippen LogP contribution in [0.25, 0.3) is 0 Å². The van der Waals surface area contributed by atoms with Crippen molar-refractivity contribution in [3.05, 3.63) is 0 Å². The Kier molecular flexibility index (Phi) is 6.03. The Labute approximate surface area is 67.8 Å². The first-order valence-corrected chi connectivity index (χ1v) is 3.70. The Morgan fingerprint density at radius 1 is 1.50 bits per heavy atom. The Hall–Kier alpha value is 0.180. The second-order valence-corrected chi connectivity index (χ2v) is 2.69. The highest BCUT2D eigenvalue weighted by Crippen LogP contribution is 2.13. The molecular weight excluding hydrogens is 153 g/mol. The lowest BCUT2D eigenvalue weighted by molar-refractivity contribution is 0.318. The Morgan fingerprint density at radius 3 is 2.80 bits per heavy atom. The fourth-order valence-corrected chi connectivity index (χ4v) is 1.32. The molecule has 1 unspecified atom stereocenters. The second kappa shape index (κ2) is 5.93. The number of hydrogen-bond acceptors (Lipinski definition) is 1. The highest BCUT2D eigenvalue weighted by Gasteiger charge is 2.11. The van der Waals surface area contributed by atoms with E-state index in [1.165, 1.54) is 12.8 Å². The van der Waals surface area contributed by atoms with Crippen LogP contribution in [-0.2, 0) is 0 Å². The standard InChI is InChI=1S/C7H14FN.ClH/c8-4-3-7-2-1-5-9-6-7;/h7,9H,1-6H2;1H. The van der Waals surface area contributed by atoms with Crippen LogP contribution in [0.3, 0.4) is 0 Å². The van der Waals surface area contributed by atoms with Gasteiger partial charge in [-0.25, -0.2) is 0 Å². The van der Waals surface area contributed by atoms with Crippen molar-refractivity contribution in [2.24, 2.45) is 5.92 Å². The van der Waals surface area contributed by atoms with Crippen LogP contribution >= 0.6 is 12.4 Å². The van der Waals surface area contributed by atoms with E-state index in [1.54, 1.807) is 0 Å². The van der Waals surface area contributed by atoms with E-state index < -0.39 is 0 Å². The summed E-state index contributed by atoms with van der Waals surface area (Å²) < 4.78 is 11.7. The lowest BCUT2D eigenvalue weighted by Gasteiger charge is -2.20. The molecule has 0 aromatic heterocycles. The van der Waals surface area contributed by atoms with Crippen LogP contribution in [0, 0.1) is 5.92 Å². The van der Waals surface area contributed by atoms with Gasteiger partial charge in [0.1, 0.15) is 0 Å². The maximum absolute atomic E-state index is 11.7. The monoisotopic (exact) mass is 167 g/mol. The fraction of sp³-hybridized carbons (Fsp3) is 1.00. The molecule has 0 aliphatic carbocycles. The zero-order valence-electron chi connectivity index (χ0n) is 6.11. The van der Waals surface area contributed by atoms with Gasteiger partial charge in [-0.05, 0) is 38.3 Å². The maximum atomic E-state index is 11.7. The van der Waals surface area contributed by atoms with E-state index in [4.69, 9.17) is 0 Å². The van der Waals surface area contributed by atoms with Gasteiger partial charge in [0.05, 0.1) is 6.67 Å². The van der Waals surface area contributed by atoms with Crippen LogP contribution in [0.15, 0.2) is 0 Å². The average molecular weight is 168 g/mol. The molecule has 1 N–H and O–H groups in total. The number of hydrogen-bond donors (Lipinski definition) is 1. The average Bonchev–Trinajstić information content (AvgIpc) is 1.91. The molecule has 0 amide bonds. The molecule has 10 heavy (non-hydrogen) atoms. The molecule has 1 heterocycles. The van der Waals surface area contributed by atoms with Crippen molar-refractivity contribution in [2.45, 2.75) is 19.3 Å². The molecule has 1 nitrogen and oxygen atoms in total. The molecule has 0 saturated carbocycles. The lowest BCUT2D eigenvalue weighted by Crippen LogP contribution is -2.29. The molecule has 1 aliphatic heterocycles. The summed E-state index contributed by atoms with van der Waals surface area (Å²) >= 11 is 0. The van der Waals surface area contributed by atoms with Crippen molar-refractivity contribution in [1.29, 1.82) is 0 Å². The molecule has 0 aromatic rings. The SMILES string of the molecule is Cl.FCCC1CCCNC1. The third-order valence-corrected chi connectivity index (χ3v) is 1.92. The molecule has 0 bridgehead atoms. The predicted octanol–water partition coefficient (Wildman–Crippen LogP) is 1.77. The smallest absolute Gasteiger partial charge is 0.0897 e. The Bertz CT molecular complexity index is 71.3. The third-order valence-electron chi connectivity index (χ3n) is 1.92. The van der Waals surface area contributed by atoms with Gasteiger partial charge in [0.2, 0.25) is 0 Å². The van der Waals surface area contributed by atoms with E-state index >= 15 is 0 Å². The number of rotatable bonds is 2. The molecule has 1 fully saturated rings. The van der Waals surface area contributed by atoms with E-state index in [-0.39, 0.29) is 19.1 Å². The molecule has 3 heteroatoms. The van der Waals surface area contributed by atoms with Gasteiger partial charge in [-0.15, -0.1) is 12.4 Å². The van der Waals surface area contributed by atoms with Gasteiger partial charge in [0.15, 0.2) is 0 Å². The van der Waals surface area contributed by atoms with Gasteiger partial charge >= 0.3 is 0 Å². The maximum Gasteiger partial charge on any atom is 0.0897 e. The number of alkyl halides is 1. The minimum Gasteiger partial charge on any atom is -0.316 e. The largest absolute Gasteiger partial charge is 0.316 e. The topological polar surface area (TPSA) is 12.0 Å². The molecule has 1 atom stereocenters. The van der Waals surface area contributed by atoms with E-state index in [0.29, 0.717) is 5.92 Å². The van der Waals surface area contributed by atoms with Crippen LogP contribution in [0.1, 0.15) is 19.3 Å². The first kappa shape index (κ1) is 10.2. The predicted molar refractivity (Wildman–Crippen MR) is 43.4 cm³/mol. The molecule has 1 aliphatic rings. The van der Waals surface area contributed by atoms with Crippen molar-refractivity contribution < 1.29 is 4.39 Å². The third kappa shape index (κ3) is 3.37. The second-order valence-electron chi connectivity index (χ2n) is 2.69. The van der Waals surface area contributed by atoms with Gasteiger partial charge in [-0.3, -0.25) is 4.39 Å². The summed E-state index contributed by atoms with van der Waals surface area (Å²) in [5, 5.41) is 3.25. The van der Waals surface area contributed by atoms with Crippen LogP contribution < -0.4 is 5.32 Å². The van der Waals surface area contributed by atoms with Gasteiger partial charge in [-0.1, -0.05) is 0 Å². The Balaban J connectivity index is 0.000000810.